The number of benzene rings is 4. The van der Waals surface area contributed by atoms with E-state index >= 15 is 0 Å². The fraction of sp³-hybridized carbons (Fsp3) is 0.130. The SMILES string of the molecule is Cc1ccc2cc3ccccc3c(Oc3cccc(C)c3C)c2c1. The number of rotatable bonds is 2. The van der Waals surface area contributed by atoms with E-state index in [1.165, 1.54) is 27.5 Å². The lowest BCUT2D eigenvalue weighted by Gasteiger charge is -2.15. The first-order chi connectivity index (χ1) is 11.6. The van der Waals surface area contributed by atoms with Crippen LogP contribution in [-0.4, -0.2) is 0 Å². The number of fused-ring (bicyclic) bond motifs is 2. The molecule has 0 saturated heterocycles. The maximum atomic E-state index is 6.47. The summed E-state index contributed by atoms with van der Waals surface area (Å²) in [6.45, 7) is 6.35. The van der Waals surface area contributed by atoms with Crippen LogP contribution < -0.4 is 4.74 Å². The molecule has 0 radical (unpaired) electrons. The summed E-state index contributed by atoms with van der Waals surface area (Å²) in [6, 6.07) is 23.4. The standard InChI is InChI=1S/C23H20O/c1-15-11-12-19-14-18-8-4-5-9-20(18)23(21(19)13-15)24-22-10-6-7-16(2)17(22)3/h4-14H,1-3H3. The van der Waals surface area contributed by atoms with Crippen molar-refractivity contribution >= 4 is 21.5 Å². The van der Waals surface area contributed by atoms with Crippen molar-refractivity contribution in [1.82, 2.24) is 0 Å². The van der Waals surface area contributed by atoms with Crippen LogP contribution in [0.5, 0.6) is 11.5 Å². The Morgan fingerprint density at radius 3 is 2.33 bits per heavy atom. The molecule has 4 rings (SSSR count). The predicted octanol–water partition coefficient (Wildman–Crippen LogP) is 6.71. The van der Waals surface area contributed by atoms with Gasteiger partial charge in [0.25, 0.3) is 0 Å². The van der Waals surface area contributed by atoms with Crippen LogP contribution in [0.3, 0.4) is 0 Å². The molecule has 0 unspecified atom stereocenters. The van der Waals surface area contributed by atoms with E-state index in [9.17, 15) is 0 Å². The Bertz CT molecular complexity index is 1060. The van der Waals surface area contributed by atoms with E-state index in [1.807, 2.05) is 6.07 Å². The highest BCUT2D eigenvalue weighted by atomic mass is 16.5. The maximum Gasteiger partial charge on any atom is 0.143 e. The van der Waals surface area contributed by atoms with Gasteiger partial charge in [-0.15, -0.1) is 0 Å². The van der Waals surface area contributed by atoms with Crippen LogP contribution in [0.15, 0.2) is 66.7 Å². The quantitative estimate of drug-likeness (QED) is 0.374. The molecule has 1 nitrogen and oxygen atoms in total. The minimum atomic E-state index is 0.925. The Kier molecular flexibility index (Phi) is 3.50. The number of aryl methyl sites for hydroxylation is 2. The van der Waals surface area contributed by atoms with Gasteiger partial charge in [0, 0.05) is 10.8 Å². The van der Waals surface area contributed by atoms with E-state index in [0.29, 0.717) is 0 Å². The predicted molar refractivity (Wildman–Crippen MR) is 102 cm³/mol. The molecule has 0 amide bonds. The third-order valence-corrected chi connectivity index (χ3v) is 4.74. The van der Waals surface area contributed by atoms with Gasteiger partial charge in [-0.2, -0.15) is 0 Å². The van der Waals surface area contributed by atoms with Gasteiger partial charge in [0.1, 0.15) is 11.5 Å². The van der Waals surface area contributed by atoms with Crippen LogP contribution in [-0.2, 0) is 0 Å². The van der Waals surface area contributed by atoms with Crippen molar-refractivity contribution in [1.29, 1.82) is 0 Å². The van der Waals surface area contributed by atoms with Gasteiger partial charge in [0.05, 0.1) is 0 Å². The van der Waals surface area contributed by atoms with E-state index in [4.69, 9.17) is 4.74 Å². The molecule has 0 fully saturated rings. The summed E-state index contributed by atoms with van der Waals surface area (Å²) in [4.78, 5) is 0. The first-order valence-corrected chi connectivity index (χ1v) is 8.29. The van der Waals surface area contributed by atoms with Crippen LogP contribution in [0, 0.1) is 20.8 Å². The molecule has 0 atom stereocenters. The molecule has 118 valence electrons. The lowest BCUT2D eigenvalue weighted by Crippen LogP contribution is -1.92. The second-order valence-corrected chi connectivity index (χ2v) is 6.45. The molecule has 0 aliphatic carbocycles. The van der Waals surface area contributed by atoms with Crippen molar-refractivity contribution in [3.05, 3.63) is 83.4 Å². The molecule has 4 aromatic rings. The monoisotopic (exact) mass is 312 g/mol. The molecule has 0 saturated carbocycles. The highest BCUT2D eigenvalue weighted by Gasteiger charge is 2.12. The molecule has 0 aromatic heterocycles. The van der Waals surface area contributed by atoms with Crippen LogP contribution in [0.4, 0.5) is 0 Å². The first kappa shape index (κ1) is 14.8. The fourth-order valence-electron chi connectivity index (χ4n) is 3.19. The summed E-state index contributed by atoms with van der Waals surface area (Å²) >= 11 is 0. The normalized spacial score (nSPS) is 11.1. The molecule has 0 aliphatic heterocycles. The zero-order valence-electron chi connectivity index (χ0n) is 14.3. The number of hydrogen-bond donors (Lipinski definition) is 0. The van der Waals surface area contributed by atoms with E-state index in [2.05, 4.69) is 81.4 Å². The Morgan fingerprint density at radius 2 is 1.46 bits per heavy atom. The zero-order valence-corrected chi connectivity index (χ0v) is 14.3. The largest absolute Gasteiger partial charge is 0.456 e. The Balaban J connectivity index is 2.03. The van der Waals surface area contributed by atoms with Crippen molar-refractivity contribution in [2.45, 2.75) is 20.8 Å². The molecular formula is C23H20O. The second-order valence-electron chi connectivity index (χ2n) is 6.45. The van der Waals surface area contributed by atoms with E-state index in [-0.39, 0.29) is 0 Å². The smallest absolute Gasteiger partial charge is 0.143 e. The average Bonchev–Trinajstić information content (AvgIpc) is 2.59. The molecular weight excluding hydrogens is 292 g/mol. The number of ether oxygens (including phenoxy) is 1. The average molecular weight is 312 g/mol. The lowest BCUT2D eigenvalue weighted by atomic mass is 10.0. The molecule has 4 aromatic carbocycles. The molecule has 0 spiro atoms. The summed E-state index contributed by atoms with van der Waals surface area (Å²) in [5.74, 6) is 1.87. The highest BCUT2D eigenvalue weighted by molar-refractivity contribution is 6.05. The highest BCUT2D eigenvalue weighted by Crippen LogP contribution is 2.39. The van der Waals surface area contributed by atoms with Crippen molar-refractivity contribution in [3.63, 3.8) is 0 Å². The van der Waals surface area contributed by atoms with Crippen LogP contribution >= 0.6 is 0 Å². The topological polar surface area (TPSA) is 9.23 Å². The van der Waals surface area contributed by atoms with Crippen LogP contribution in [0.2, 0.25) is 0 Å². The maximum absolute atomic E-state index is 6.47. The summed E-state index contributed by atoms with van der Waals surface area (Å²) in [5, 5.41) is 4.72. The minimum absolute atomic E-state index is 0.925. The van der Waals surface area contributed by atoms with Gasteiger partial charge in [0.15, 0.2) is 0 Å². The summed E-state index contributed by atoms with van der Waals surface area (Å²) < 4.78 is 6.47. The molecule has 1 heteroatoms. The minimum Gasteiger partial charge on any atom is -0.456 e. The molecule has 0 bridgehead atoms. The molecule has 0 N–H and O–H groups in total. The van der Waals surface area contributed by atoms with Gasteiger partial charge in [0.2, 0.25) is 0 Å². The third-order valence-electron chi connectivity index (χ3n) is 4.74. The van der Waals surface area contributed by atoms with Gasteiger partial charge in [-0.3, -0.25) is 0 Å². The van der Waals surface area contributed by atoms with Gasteiger partial charge in [-0.05, 0) is 60.9 Å². The van der Waals surface area contributed by atoms with Crippen molar-refractivity contribution < 1.29 is 4.74 Å². The summed E-state index contributed by atoms with van der Waals surface area (Å²) in [5.41, 5.74) is 3.67. The molecule has 24 heavy (non-hydrogen) atoms. The van der Waals surface area contributed by atoms with Crippen molar-refractivity contribution in [2.75, 3.05) is 0 Å². The van der Waals surface area contributed by atoms with Crippen molar-refractivity contribution in [3.8, 4) is 11.5 Å². The Hall–Kier alpha value is -2.80. The zero-order chi connectivity index (χ0) is 16.7. The Labute approximate surface area is 142 Å². The van der Waals surface area contributed by atoms with Gasteiger partial charge in [-0.25, -0.2) is 0 Å². The van der Waals surface area contributed by atoms with Gasteiger partial charge >= 0.3 is 0 Å². The van der Waals surface area contributed by atoms with E-state index in [1.54, 1.807) is 0 Å². The van der Waals surface area contributed by atoms with Crippen LogP contribution in [0.25, 0.3) is 21.5 Å². The number of hydrogen-bond acceptors (Lipinski definition) is 1. The van der Waals surface area contributed by atoms with Gasteiger partial charge < -0.3 is 4.74 Å². The van der Waals surface area contributed by atoms with Gasteiger partial charge in [-0.1, -0.05) is 54.1 Å². The second kappa shape index (κ2) is 5.68. The first-order valence-electron chi connectivity index (χ1n) is 8.29. The Morgan fingerprint density at radius 1 is 0.667 bits per heavy atom. The summed E-state index contributed by atoms with van der Waals surface area (Å²) in [6.07, 6.45) is 0. The van der Waals surface area contributed by atoms with E-state index < -0.39 is 0 Å². The van der Waals surface area contributed by atoms with E-state index in [0.717, 1.165) is 22.3 Å². The van der Waals surface area contributed by atoms with Crippen molar-refractivity contribution in [2.24, 2.45) is 0 Å². The lowest BCUT2D eigenvalue weighted by molar-refractivity contribution is 0.489. The molecule has 0 heterocycles. The molecule has 0 aliphatic rings. The third kappa shape index (κ3) is 2.43. The fourth-order valence-corrected chi connectivity index (χ4v) is 3.19. The van der Waals surface area contributed by atoms with Crippen LogP contribution in [0.1, 0.15) is 16.7 Å². The summed E-state index contributed by atoms with van der Waals surface area (Å²) in [7, 11) is 0.